The van der Waals surface area contributed by atoms with Crippen molar-refractivity contribution in [1.29, 1.82) is 0 Å². The summed E-state index contributed by atoms with van der Waals surface area (Å²) in [5, 5.41) is 3.46. The zero-order valence-corrected chi connectivity index (χ0v) is 13.3. The lowest BCUT2D eigenvalue weighted by atomic mass is 9.79. The highest BCUT2D eigenvalue weighted by Crippen LogP contribution is 2.39. The molecule has 0 amide bonds. The molecule has 0 bridgehead atoms. The normalized spacial score (nSPS) is 19.6. The van der Waals surface area contributed by atoms with E-state index in [1.165, 1.54) is 24.1 Å². The molecule has 0 saturated carbocycles. The fraction of sp³-hybridized carbons (Fsp3) is 0.412. The molecule has 2 atom stereocenters. The van der Waals surface area contributed by atoms with Crippen molar-refractivity contribution >= 4 is 22.9 Å². The van der Waals surface area contributed by atoms with Gasteiger partial charge < -0.3 is 5.32 Å². The van der Waals surface area contributed by atoms with E-state index in [1.807, 2.05) is 13.1 Å². The maximum absolute atomic E-state index is 6.08. The van der Waals surface area contributed by atoms with Crippen molar-refractivity contribution in [3.05, 3.63) is 56.7 Å². The Morgan fingerprint density at radius 1 is 1.30 bits per heavy atom. The van der Waals surface area contributed by atoms with Gasteiger partial charge in [0.15, 0.2) is 0 Å². The van der Waals surface area contributed by atoms with Gasteiger partial charge in [0.1, 0.15) is 0 Å². The fourth-order valence-electron chi connectivity index (χ4n) is 3.28. The molecule has 0 aliphatic heterocycles. The molecule has 2 aromatic rings. The van der Waals surface area contributed by atoms with E-state index in [4.69, 9.17) is 11.6 Å². The lowest BCUT2D eigenvalue weighted by Crippen LogP contribution is -2.20. The first-order valence-corrected chi connectivity index (χ1v) is 8.47. The summed E-state index contributed by atoms with van der Waals surface area (Å²) in [6.45, 7) is 0. The van der Waals surface area contributed by atoms with Crippen molar-refractivity contribution in [2.45, 2.75) is 37.6 Å². The molecule has 3 rings (SSSR count). The van der Waals surface area contributed by atoms with Gasteiger partial charge in [-0.2, -0.15) is 0 Å². The molecule has 0 spiro atoms. The summed E-state index contributed by atoms with van der Waals surface area (Å²) in [5.41, 5.74) is 3.10. The highest BCUT2D eigenvalue weighted by atomic mass is 35.5. The Morgan fingerprint density at radius 2 is 2.15 bits per heavy atom. The Hall–Kier alpha value is -0.830. The predicted molar refractivity (Wildman–Crippen MR) is 87.9 cm³/mol. The zero-order chi connectivity index (χ0) is 13.9. The molecular weight excluding hydrogens is 286 g/mol. The lowest BCUT2D eigenvalue weighted by molar-refractivity contribution is 0.444. The number of hydrogen-bond donors (Lipinski definition) is 1. The number of aryl methyl sites for hydroxylation is 1. The second-order valence-electron chi connectivity index (χ2n) is 5.51. The summed E-state index contributed by atoms with van der Waals surface area (Å²) in [5.74, 6) is 0.665. The van der Waals surface area contributed by atoms with Crippen LogP contribution in [-0.4, -0.2) is 7.05 Å². The third-order valence-electron chi connectivity index (χ3n) is 4.30. The van der Waals surface area contributed by atoms with Crippen LogP contribution in [0.2, 0.25) is 4.34 Å². The first kappa shape index (κ1) is 14.1. The number of rotatable bonds is 4. The summed E-state index contributed by atoms with van der Waals surface area (Å²) in [4.78, 5) is 1.35. The van der Waals surface area contributed by atoms with Crippen molar-refractivity contribution in [2.24, 2.45) is 0 Å². The van der Waals surface area contributed by atoms with E-state index in [0.717, 1.165) is 10.8 Å². The van der Waals surface area contributed by atoms with Crippen LogP contribution in [0.15, 0.2) is 36.4 Å². The largest absolute Gasteiger partial charge is 0.312 e. The van der Waals surface area contributed by atoms with Crippen molar-refractivity contribution < 1.29 is 0 Å². The summed E-state index contributed by atoms with van der Waals surface area (Å²) < 4.78 is 0.879. The summed E-state index contributed by atoms with van der Waals surface area (Å²) in [7, 11) is 2.05. The summed E-state index contributed by atoms with van der Waals surface area (Å²) in [6.07, 6.45) is 5.00. The molecule has 106 valence electrons. The average molecular weight is 306 g/mol. The molecule has 1 aromatic heterocycles. The van der Waals surface area contributed by atoms with Gasteiger partial charge in [-0.25, -0.2) is 0 Å². The van der Waals surface area contributed by atoms with Gasteiger partial charge in [0.25, 0.3) is 0 Å². The van der Waals surface area contributed by atoms with Gasteiger partial charge in [0.05, 0.1) is 4.34 Å². The molecule has 20 heavy (non-hydrogen) atoms. The monoisotopic (exact) mass is 305 g/mol. The topological polar surface area (TPSA) is 12.0 Å². The molecule has 0 radical (unpaired) electrons. The maximum atomic E-state index is 6.08. The van der Waals surface area contributed by atoms with Crippen LogP contribution in [0.5, 0.6) is 0 Å². The summed E-state index contributed by atoms with van der Waals surface area (Å²) >= 11 is 7.77. The van der Waals surface area contributed by atoms with Crippen molar-refractivity contribution in [3.63, 3.8) is 0 Å². The fourth-order valence-corrected chi connectivity index (χ4v) is 4.46. The van der Waals surface area contributed by atoms with Gasteiger partial charge in [-0.05, 0) is 61.9 Å². The molecule has 1 aliphatic carbocycles. The molecule has 3 heteroatoms. The Morgan fingerprint density at radius 3 is 2.90 bits per heavy atom. The third-order valence-corrected chi connectivity index (χ3v) is 5.64. The number of halogens is 1. The number of benzene rings is 1. The Labute approximate surface area is 130 Å². The first-order chi connectivity index (χ1) is 9.78. The Balaban J connectivity index is 1.80. The van der Waals surface area contributed by atoms with Crippen molar-refractivity contribution in [3.8, 4) is 0 Å². The van der Waals surface area contributed by atoms with E-state index in [2.05, 4.69) is 35.6 Å². The van der Waals surface area contributed by atoms with Gasteiger partial charge in [-0.1, -0.05) is 35.9 Å². The average Bonchev–Trinajstić information content (AvgIpc) is 2.91. The maximum Gasteiger partial charge on any atom is 0.0931 e. The van der Waals surface area contributed by atoms with Crippen molar-refractivity contribution in [2.75, 3.05) is 7.05 Å². The zero-order valence-electron chi connectivity index (χ0n) is 11.7. The molecular formula is C17H20ClNS. The number of nitrogens with one attached hydrogen (secondary N) is 1. The van der Waals surface area contributed by atoms with E-state index >= 15 is 0 Å². The van der Waals surface area contributed by atoms with Crippen LogP contribution >= 0.6 is 22.9 Å². The highest BCUT2D eigenvalue weighted by molar-refractivity contribution is 7.16. The molecule has 1 aromatic carbocycles. The minimum atomic E-state index is 0.406. The van der Waals surface area contributed by atoms with Crippen LogP contribution in [0.1, 0.15) is 47.2 Å². The van der Waals surface area contributed by atoms with Crippen LogP contribution in [0.3, 0.4) is 0 Å². The molecule has 0 fully saturated rings. The van der Waals surface area contributed by atoms with E-state index in [-0.39, 0.29) is 0 Å². The van der Waals surface area contributed by atoms with Crippen LogP contribution in [0.25, 0.3) is 0 Å². The second kappa shape index (κ2) is 6.30. The molecule has 2 unspecified atom stereocenters. The van der Waals surface area contributed by atoms with Crippen LogP contribution < -0.4 is 5.32 Å². The van der Waals surface area contributed by atoms with Crippen LogP contribution in [0.4, 0.5) is 0 Å². The van der Waals surface area contributed by atoms with E-state index in [9.17, 15) is 0 Å². The number of fused-ring (bicyclic) bond motifs is 1. The molecule has 1 nitrogen and oxygen atoms in total. The molecule has 1 aliphatic rings. The van der Waals surface area contributed by atoms with Gasteiger partial charge in [-0.3, -0.25) is 0 Å². The lowest BCUT2D eigenvalue weighted by Gasteiger charge is -2.28. The van der Waals surface area contributed by atoms with Gasteiger partial charge >= 0.3 is 0 Å². The van der Waals surface area contributed by atoms with E-state index in [1.54, 1.807) is 22.5 Å². The first-order valence-electron chi connectivity index (χ1n) is 7.28. The SMILES string of the molecule is CNC(CC1CCCc2ccccc21)c1ccc(Cl)s1. The van der Waals surface area contributed by atoms with Gasteiger partial charge in [0.2, 0.25) is 0 Å². The van der Waals surface area contributed by atoms with Gasteiger partial charge in [-0.15, -0.1) is 11.3 Å². The molecule has 1 heterocycles. The van der Waals surface area contributed by atoms with Crippen LogP contribution in [0, 0.1) is 0 Å². The molecule has 0 saturated heterocycles. The Bertz CT molecular complexity index is 578. The van der Waals surface area contributed by atoms with Gasteiger partial charge in [0, 0.05) is 10.9 Å². The molecule has 1 N–H and O–H groups in total. The highest BCUT2D eigenvalue weighted by Gasteiger charge is 2.24. The minimum Gasteiger partial charge on any atom is -0.312 e. The van der Waals surface area contributed by atoms with Crippen LogP contribution in [-0.2, 0) is 6.42 Å². The number of hydrogen-bond acceptors (Lipinski definition) is 2. The van der Waals surface area contributed by atoms with E-state index < -0.39 is 0 Å². The Kier molecular flexibility index (Phi) is 4.45. The second-order valence-corrected chi connectivity index (χ2v) is 7.25. The quantitative estimate of drug-likeness (QED) is 0.821. The van der Waals surface area contributed by atoms with Crippen molar-refractivity contribution in [1.82, 2.24) is 5.32 Å². The van der Waals surface area contributed by atoms with E-state index in [0.29, 0.717) is 12.0 Å². The smallest absolute Gasteiger partial charge is 0.0931 e. The standard InChI is InChI=1S/C17H20ClNS/c1-19-15(16-9-10-17(18)20-16)11-13-7-4-6-12-5-2-3-8-14(12)13/h2-3,5,8-10,13,15,19H,4,6-7,11H2,1H3. The minimum absolute atomic E-state index is 0.406. The summed E-state index contributed by atoms with van der Waals surface area (Å²) in [6, 6.07) is 13.5. The number of thiophene rings is 1. The predicted octanol–water partition coefficient (Wildman–Crippen LogP) is 5.17. The third kappa shape index (κ3) is 2.93.